The van der Waals surface area contributed by atoms with Gasteiger partial charge in [-0.15, -0.1) is 0 Å². The molecule has 2 aromatic carbocycles. The summed E-state index contributed by atoms with van der Waals surface area (Å²) >= 11 is 0. The third kappa shape index (κ3) is 5.84. The molecule has 0 radical (unpaired) electrons. The molecule has 4 rings (SSSR count). The van der Waals surface area contributed by atoms with E-state index in [9.17, 15) is 14.4 Å². The Labute approximate surface area is 206 Å². The van der Waals surface area contributed by atoms with Gasteiger partial charge in [0.15, 0.2) is 0 Å². The first-order valence-electron chi connectivity index (χ1n) is 12.4. The number of aliphatic carboxylic acids is 1. The maximum atomic E-state index is 12.9. The van der Waals surface area contributed by atoms with E-state index in [0.717, 1.165) is 30.4 Å². The summed E-state index contributed by atoms with van der Waals surface area (Å²) in [5, 5.41) is 14.9. The lowest BCUT2D eigenvalue weighted by atomic mass is 9.91. The molecule has 7 nitrogen and oxygen atoms in total. The van der Waals surface area contributed by atoms with Crippen LogP contribution >= 0.6 is 0 Å². The fraction of sp³-hybridized carbons (Fsp3) is 0.464. The van der Waals surface area contributed by atoms with Crippen molar-refractivity contribution >= 4 is 18.0 Å². The number of hydrogen-bond acceptors (Lipinski definition) is 4. The maximum absolute atomic E-state index is 12.9. The molecule has 2 aliphatic rings. The van der Waals surface area contributed by atoms with Crippen LogP contribution in [-0.2, 0) is 14.3 Å². The van der Waals surface area contributed by atoms with Crippen molar-refractivity contribution in [1.82, 2.24) is 10.6 Å². The number of carboxylic acids is 1. The SMILES string of the molecule is CCC[C@@H](CC(=O)O)NC(=O)CC(C)(NC(=O)OCC1c2ccccc2-c2ccccc21)C1CC1. The Balaban J connectivity index is 1.38. The lowest BCUT2D eigenvalue weighted by Gasteiger charge is -2.31. The van der Waals surface area contributed by atoms with E-state index in [0.29, 0.717) is 6.42 Å². The number of alkyl carbamates (subject to hydrolysis) is 1. The number of benzene rings is 2. The molecule has 0 aromatic heterocycles. The molecule has 3 N–H and O–H groups in total. The number of amides is 2. The van der Waals surface area contributed by atoms with Crippen molar-refractivity contribution in [2.24, 2.45) is 5.92 Å². The van der Waals surface area contributed by atoms with Crippen LogP contribution in [0.4, 0.5) is 4.79 Å². The zero-order chi connectivity index (χ0) is 25.0. The Morgan fingerprint density at radius 2 is 1.66 bits per heavy atom. The van der Waals surface area contributed by atoms with Crippen LogP contribution in [0.3, 0.4) is 0 Å². The van der Waals surface area contributed by atoms with E-state index >= 15 is 0 Å². The van der Waals surface area contributed by atoms with E-state index in [-0.39, 0.29) is 37.2 Å². The van der Waals surface area contributed by atoms with Gasteiger partial charge in [0.25, 0.3) is 0 Å². The predicted molar refractivity (Wildman–Crippen MR) is 133 cm³/mol. The number of carbonyl (C=O) groups excluding carboxylic acids is 2. The van der Waals surface area contributed by atoms with Crippen molar-refractivity contribution in [3.8, 4) is 11.1 Å². The van der Waals surface area contributed by atoms with Gasteiger partial charge in [0.2, 0.25) is 5.91 Å². The minimum Gasteiger partial charge on any atom is -0.481 e. The molecule has 186 valence electrons. The molecule has 2 aromatic rings. The third-order valence-corrected chi connectivity index (χ3v) is 7.16. The Kier molecular flexibility index (Phi) is 7.43. The molecule has 2 aliphatic carbocycles. The summed E-state index contributed by atoms with van der Waals surface area (Å²) in [5.41, 5.74) is 3.88. The molecular formula is C28H34N2O5. The number of carboxylic acid groups (broad SMARTS) is 1. The number of fused-ring (bicyclic) bond motifs is 3. The fourth-order valence-corrected chi connectivity index (χ4v) is 5.28. The summed E-state index contributed by atoms with van der Waals surface area (Å²) in [4.78, 5) is 36.8. The molecule has 7 heteroatoms. The molecule has 1 fully saturated rings. The summed E-state index contributed by atoms with van der Waals surface area (Å²) in [7, 11) is 0. The minimum absolute atomic E-state index is 0.0329. The molecular weight excluding hydrogens is 444 g/mol. The smallest absolute Gasteiger partial charge is 0.407 e. The Morgan fingerprint density at radius 3 is 2.20 bits per heavy atom. The van der Waals surface area contributed by atoms with Crippen LogP contribution in [0.5, 0.6) is 0 Å². The summed E-state index contributed by atoms with van der Waals surface area (Å²) in [6.07, 6.45) is 2.67. The van der Waals surface area contributed by atoms with Crippen LogP contribution in [0.25, 0.3) is 11.1 Å². The van der Waals surface area contributed by atoms with E-state index in [2.05, 4.69) is 34.9 Å². The van der Waals surface area contributed by atoms with Crippen molar-refractivity contribution < 1.29 is 24.2 Å². The summed E-state index contributed by atoms with van der Waals surface area (Å²) in [6.45, 7) is 4.04. The monoisotopic (exact) mass is 478 g/mol. The lowest BCUT2D eigenvalue weighted by molar-refractivity contribution is -0.137. The topological polar surface area (TPSA) is 105 Å². The van der Waals surface area contributed by atoms with Gasteiger partial charge in [-0.05, 0) is 54.4 Å². The van der Waals surface area contributed by atoms with E-state index < -0.39 is 23.6 Å². The highest BCUT2D eigenvalue weighted by molar-refractivity contribution is 5.81. The number of ether oxygens (including phenoxy) is 1. The number of nitrogens with one attached hydrogen (secondary N) is 2. The van der Waals surface area contributed by atoms with Crippen molar-refractivity contribution in [3.05, 3.63) is 59.7 Å². The third-order valence-electron chi connectivity index (χ3n) is 7.16. The minimum atomic E-state index is -0.939. The second-order valence-corrected chi connectivity index (χ2v) is 9.97. The second kappa shape index (κ2) is 10.5. The maximum Gasteiger partial charge on any atom is 0.407 e. The second-order valence-electron chi connectivity index (χ2n) is 9.97. The molecule has 1 unspecified atom stereocenters. The first-order chi connectivity index (χ1) is 16.8. The highest BCUT2D eigenvalue weighted by atomic mass is 16.5. The van der Waals surface area contributed by atoms with E-state index in [4.69, 9.17) is 9.84 Å². The van der Waals surface area contributed by atoms with E-state index in [1.54, 1.807) is 0 Å². The van der Waals surface area contributed by atoms with Gasteiger partial charge in [-0.2, -0.15) is 0 Å². The van der Waals surface area contributed by atoms with Crippen LogP contribution in [0.1, 0.15) is 69.4 Å². The zero-order valence-electron chi connectivity index (χ0n) is 20.4. The number of hydrogen-bond donors (Lipinski definition) is 3. The van der Waals surface area contributed by atoms with E-state index in [1.807, 2.05) is 38.1 Å². The van der Waals surface area contributed by atoms with E-state index in [1.165, 1.54) is 11.1 Å². The zero-order valence-corrected chi connectivity index (χ0v) is 20.4. The van der Waals surface area contributed by atoms with Crippen LogP contribution in [0.2, 0.25) is 0 Å². The van der Waals surface area contributed by atoms with Gasteiger partial charge < -0.3 is 20.5 Å². The van der Waals surface area contributed by atoms with Crippen molar-refractivity contribution in [3.63, 3.8) is 0 Å². The average Bonchev–Trinajstić information content (AvgIpc) is 3.61. The standard InChI is InChI=1S/C28H34N2O5/c1-3-8-19(15-26(32)33)29-25(31)16-28(2,18-13-14-18)30-27(34)35-17-24-22-11-6-4-9-20(22)21-10-5-7-12-23(21)24/h4-7,9-12,18-19,24H,3,8,13-17H2,1-2H3,(H,29,31)(H,30,34)(H,32,33)/t19-,28?/m0/s1. The van der Waals surface area contributed by atoms with Gasteiger partial charge in [-0.3, -0.25) is 9.59 Å². The van der Waals surface area contributed by atoms with Crippen LogP contribution in [0, 0.1) is 5.92 Å². The number of rotatable bonds is 11. The molecule has 0 bridgehead atoms. The van der Waals surface area contributed by atoms with Gasteiger partial charge in [0.1, 0.15) is 6.61 Å². The lowest BCUT2D eigenvalue weighted by Crippen LogP contribution is -2.52. The molecule has 0 heterocycles. The predicted octanol–water partition coefficient (Wildman–Crippen LogP) is 4.84. The molecule has 0 aliphatic heterocycles. The summed E-state index contributed by atoms with van der Waals surface area (Å²) in [6, 6.07) is 15.9. The average molecular weight is 479 g/mol. The Morgan fingerprint density at radius 1 is 1.06 bits per heavy atom. The van der Waals surface area contributed by atoms with Gasteiger partial charge in [0, 0.05) is 18.4 Å². The molecule has 2 atom stereocenters. The molecule has 1 saturated carbocycles. The van der Waals surface area contributed by atoms with Crippen molar-refractivity contribution in [2.75, 3.05) is 6.61 Å². The fourth-order valence-electron chi connectivity index (χ4n) is 5.28. The van der Waals surface area contributed by atoms with Crippen LogP contribution in [-0.4, -0.2) is 41.3 Å². The number of carbonyl (C=O) groups is 3. The quantitative estimate of drug-likeness (QED) is 0.429. The van der Waals surface area contributed by atoms with Crippen molar-refractivity contribution in [1.29, 1.82) is 0 Å². The molecule has 0 saturated heterocycles. The van der Waals surface area contributed by atoms with Gasteiger partial charge in [0.05, 0.1) is 12.0 Å². The Bertz CT molecular complexity index is 1050. The normalized spacial score (nSPS) is 17.0. The molecule has 0 spiro atoms. The van der Waals surface area contributed by atoms with Crippen molar-refractivity contribution in [2.45, 2.75) is 69.9 Å². The highest BCUT2D eigenvalue weighted by Crippen LogP contribution is 2.45. The van der Waals surface area contributed by atoms with Gasteiger partial charge in [-0.25, -0.2) is 4.79 Å². The first-order valence-corrected chi connectivity index (χ1v) is 12.4. The largest absolute Gasteiger partial charge is 0.481 e. The highest BCUT2D eigenvalue weighted by Gasteiger charge is 2.44. The summed E-state index contributed by atoms with van der Waals surface area (Å²) < 4.78 is 5.71. The molecule has 35 heavy (non-hydrogen) atoms. The van der Waals surface area contributed by atoms with Gasteiger partial charge in [-0.1, -0.05) is 61.9 Å². The Hall–Kier alpha value is -3.35. The van der Waals surface area contributed by atoms with Crippen LogP contribution < -0.4 is 10.6 Å². The molecule has 2 amide bonds. The van der Waals surface area contributed by atoms with Crippen LogP contribution in [0.15, 0.2) is 48.5 Å². The summed E-state index contributed by atoms with van der Waals surface area (Å²) in [5.74, 6) is -1.03. The first kappa shape index (κ1) is 24.8. The van der Waals surface area contributed by atoms with Gasteiger partial charge >= 0.3 is 12.1 Å².